The Bertz CT molecular complexity index is 1120. The molecule has 7 N–H and O–H groups in total. The number of fused-ring (bicyclic) bond motifs is 1. The molecule has 14 nitrogen and oxygen atoms in total. The SMILES string of the molecule is C=CN1C(C(C)(C)O)=NC2C(N3CCOCC3)=NC(N)=NC21.Nc1ncc(-c2cnc(N)nc2)cn1. The van der Waals surface area contributed by atoms with Gasteiger partial charge in [0.15, 0.2) is 12.2 Å². The van der Waals surface area contributed by atoms with E-state index in [2.05, 4.69) is 46.4 Å². The van der Waals surface area contributed by atoms with Gasteiger partial charge in [0.05, 0.1) is 13.2 Å². The van der Waals surface area contributed by atoms with Crippen LogP contribution in [0, 0.1) is 0 Å². The summed E-state index contributed by atoms with van der Waals surface area (Å²) < 4.78 is 5.39. The van der Waals surface area contributed by atoms with Crippen molar-refractivity contribution >= 4 is 29.5 Å². The molecule has 0 aliphatic carbocycles. The van der Waals surface area contributed by atoms with Gasteiger partial charge in [-0.3, -0.25) is 4.99 Å². The Labute approximate surface area is 208 Å². The van der Waals surface area contributed by atoms with Crippen LogP contribution >= 0.6 is 0 Å². The molecule has 2 aromatic heterocycles. The number of amidine groups is 2. The van der Waals surface area contributed by atoms with Crippen molar-refractivity contribution < 1.29 is 9.84 Å². The molecule has 5 rings (SSSR count). The van der Waals surface area contributed by atoms with E-state index in [1.807, 2.05) is 0 Å². The summed E-state index contributed by atoms with van der Waals surface area (Å²) in [5, 5.41) is 10.4. The highest BCUT2D eigenvalue weighted by Gasteiger charge is 2.46. The number of nitrogen functional groups attached to an aromatic ring is 2. The van der Waals surface area contributed by atoms with Gasteiger partial charge in [-0.2, -0.15) is 4.99 Å². The van der Waals surface area contributed by atoms with Crippen molar-refractivity contribution in [2.75, 3.05) is 37.8 Å². The van der Waals surface area contributed by atoms with Crippen LogP contribution in [0.4, 0.5) is 11.9 Å². The average Bonchev–Trinajstić information content (AvgIpc) is 3.24. The highest BCUT2D eigenvalue weighted by Crippen LogP contribution is 2.29. The smallest absolute Gasteiger partial charge is 0.219 e. The van der Waals surface area contributed by atoms with Crippen molar-refractivity contribution in [3.63, 3.8) is 0 Å². The number of hydrogen-bond donors (Lipinski definition) is 4. The van der Waals surface area contributed by atoms with E-state index < -0.39 is 5.60 Å². The van der Waals surface area contributed by atoms with Crippen molar-refractivity contribution in [3.05, 3.63) is 37.6 Å². The van der Waals surface area contributed by atoms with Crippen molar-refractivity contribution in [2.45, 2.75) is 31.7 Å². The molecule has 14 heteroatoms. The number of rotatable bonds is 3. The highest BCUT2D eigenvalue weighted by molar-refractivity contribution is 6.05. The summed E-state index contributed by atoms with van der Waals surface area (Å²) in [4.78, 5) is 32.8. The molecule has 1 saturated heterocycles. The number of nitrogens with two attached hydrogens (primary N) is 3. The minimum Gasteiger partial charge on any atom is -0.383 e. The summed E-state index contributed by atoms with van der Waals surface area (Å²) in [6, 6.07) is -0.287. The summed E-state index contributed by atoms with van der Waals surface area (Å²) in [7, 11) is 0. The lowest BCUT2D eigenvalue weighted by Gasteiger charge is -2.35. The van der Waals surface area contributed by atoms with E-state index in [0.29, 0.717) is 19.0 Å². The molecule has 36 heavy (non-hydrogen) atoms. The largest absolute Gasteiger partial charge is 0.383 e. The quantitative estimate of drug-likeness (QED) is 0.427. The number of aliphatic hydroxyl groups is 1. The van der Waals surface area contributed by atoms with Gasteiger partial charge in [0, 0.05) is 55.2 Å². The van der Waals surface area contributed by atoms with Crippen LogP contribution in [-0.2, 0) is 4.74 Å². The molecule has 3 aliphatic rings. The van der Waals surface area contributed by atoms with E-state index in [0.717, 1.165) is 30.1 Å². The van der Waals surface area contributed by atoms with Gasteiger partial charge in [0.2, 0.25) is 17.9 Å². The molecule has 2 atom stereocenters. The maximum atomic E-state index is 10.4. The molecule has 0 bridgehead atoms. The fourth-order valence-corrected chi connectivity index (χ4v) is 3.91. The molecular weight excluding hydrogens is 464 g/mol. The standard InChI is InChI=1S/C14H22N6O2.C8H8N6/c1-4-20-11-9(16-12(20)14(2,3)21)10(17-13(15)18-11)19-5-7-22-8-6-19;9-7-11-1-5(2-12-7)6-3-13-8(10)14-4-6/h4,9,11,21H,1,5-8H2,2-3H3,(H2,15,18);1-4H,(H2,9,11,12)(H2,10,13,14). The number of ether oxygens (including phenoxy) is 1. The molecule has 5 heterocycles. The van der Waals surface area contributed by atoms with Crippen LogP contribution in [0.2, 0.25) is 0 Å². The van der Waals surface area contributed by atoms with Gasteiger partial charge in [0.1, 0.15) is 17.3 Å². The van der Waals surface area contributed by atoms with Crippen molar-refractivity contribution in [1.82, 2.24) is 29.7 Å². The summed E-state index contributed by atoms with van der Waals surface area (Å²) in [5.41, 5.74) is 17.1. The summed E-state index contributed by atoms with van der Waals surface area (Å²) >= 11 is 0. The predicted molar refractivity (Wildman–Crippen MR) is 137 cm³/mol. The Kier molecular flexibility index (Phi) is 7.07. The second kappa shape index (κ2) is 10.2. The van der Waals surface area contributed by atoms with Crippen LogP contribution in [0.5, 0.6) is 0 Å². The number of anilines is 2. The summed E-state index contributed by atoms with van der Waals surface area (Å²) in [6.45, 7) is 10.00. The van der Waals surface area contributed by atoms with Crippen LogP contribution < -0.4 is 17.2 Å². The van der Waals surface area contributed by atoms with Crippen LogP contribution in [0.25, 0.3) is 11.1 Å². The lowest BCUT2D eigenvalue weighted by molar-refractivity contribution is 0.0663. The molecule has 2 unspecified atom stereocenters. The number of morpholine rings is 1. The van der Waals surface area contributed by atoms with Gasteiger partial charge < -0.3 is 36.8 Å². The second-order valence-electron chi connectivity index (χ2n) is 8.68. The average molecular weight is 495 g/mol. The predicted octanol–water partition coefficient (Wildman–Crippen LogP) is -0.533. The first-order chi connectivity index (χ1) is 17.2. The summed E-state index contributed by atoms with van der Waals surface area (Å²) in [6.07, 6.45) is 7.72. The zero-order valence-electron chi connectivity index (χ0n) is 20.2. The zero-order valence-corrected chi connectivity index (χ0v) is 20.2. The minimum absolute atomic E-state index is 0.224. The normalized spacial score (nSPS) is 21.5. The van der Waals surface area contributed by atoms with Crippen LogP contribution in [0.15, 0.2) is 52.5 Å². The van der Waals surface area contributed by atoms with Gasteiger partial charge >= 0.3 is 0 Å². The minimum atomic E-state index is -1.09. The first-order valence-electron chi connectivity index (χ1n) is 11.3. The Morgan fingerprint density at radius 3 is 1.97 bits per heavy atom. The van der Waals surface area contributed by atoms with E-state index in [4.69, 9.17) is 21.9 Å². The van der Waals surface area contributed by atoms with Gasteiger partial charge in [-0.1, -0.05) is 6.58 Å². The maximum Gasteiger partial charge on any atom is 0.219 e. The highest BCUT2D eigenvalue weighted by atomic mass is 16.5. The van der Waals surface area contributed by atoms with Crippen LogP contribution in [0.3, 0.4) is 0 Å². The van der Waals surface area contributed by atoms with E-state index in [1.54, 1.807) is 49.7 Å². The number of aliphatic imine (C=N–C) groups is 3. The van der Waals surface area contributed by atoms with Gasteiger partial charge in [-0.25, -0.2) is 24.9 Å². The molecule has 1 fully saturated rings. The molecule has 0 amide bonds. The van der Waals surface area contributed by atoms with E-state index in [9.17, 15) is 5.11 Å². The molecule has 0 spiro atoms. The third kappa shape index (κ3) is 5.39. The van der Waals surface area contributed by atoms with Crippen LogP contribution in [-0.4, -0.2) is 96.6 Å². The molecule has 0 saturated carbocycles. The number of hydrogen-bond acceptors (Lipinski definition) is 14. The molecule has 2 aromatic rings. The fraction of sp³-hybridized carbons (Fsp3) is 0.409. The van der Waals surface area contributed by atoms with Crippen molar-refractivity contribution in [2.24, 2.45) is 20.7 Å². The molecule has 0 radical (unpaired) electrons. The van der Waals surface area contributed by atoms with E-state index in [-0.39, 0.29) is 30.1 Å². The fourth-order valence-electron chi connectivity index (χ4n) is 3.91. The molecule has 190 valence electrons. The number of nitrogens with zero attached hydrogens (tertiary/aromatic N) is 9. The third-order valence-electron chi connectivity index (χ3n) is 5.59. The lowest BCUT2D eigenvalue weighted by atomic mass is 10.1. The first-order valence-corrected chi connectivity index (χ1v) is 11.3. The Morgan fingerprint density at radius 1 is 0.972 bits per heavy atom. The zero-order chi connectivity index (χ0) is 25.9. The number of guanidine groups is 1. The van der Waals surface area contributed by atoms with Crippen molar-refractivity contribution in [3.8, 4) is 11.1 Å². The van der Waals surface area contributed by atoms with E-state index in [1.165, 1.54) is 0 Å². The Hall–Kier alpha value is -4.17. The molecule has 3 aliphatic heterocycles. The number of aromatic nitrogens is 4. The maximum absolute atomic E-state index is 10.4. The lowest BCUT2D eigenvalue weighted by Crippen LogP contribution is -2.52. The summed E-state index contributed by atoms with van der Waals surface area (Å²) in [5.74, 6) is 2.01. The van der Waals surface area contributed by atoms with E-state index >= 15 is 0 Å². The topological polar surface area (TPSA) is 203 Å². The second-order valence-corrected chi connectivity index (χ2v) is 8.68. The van der Waals surface area contributed by atoms with Gasteiger partial charge in [-0.05, 0) is 13.8 Å². The Morgan fingerprint density at radius 2 is 1.50 bits per heavy atom. The van der Waals surface area contributed by atoms with Crippen LogP contribution in [0.1, 0.15) is 13.8 Å². The monoisotopic (exact) mass is 494 g/mol. The van der Waals surface area contributed by atoms with Crippen molar-refractivity contribution in [1.29, 1.82) is 0 Å². The molecular formula is C22H30N12O2. The molecule has 0 aromatic carbocycles. The van der Waals surface area contributed by atoms with Gasteiger partial charge in [0.25, 0.3) is 0 Å². The third-order valence-corrected chi connectivity index (χ3v) is 5.59. The Balaban J connectivity index is 0.000000187. The first kappa shape index (κ1) is 24.9. The van der Waals surface area contributed by atoms with Gasteiger partial charge in [-0.15, -0.1) is 0 Å².